The molecule has 1 aromatic carbocycles. The summed E-state index contributed by atoms with van der Waals surface area (Å²) in [5.74, 6) is 0. The van der Waals surface area contributed by atoms with Gasteiger partial charge >= 0.3 is 6.18 Å². The van der Waals surface area contributed by atoms with E-state index in [1.165, 1.54) is 17.1 Å². The van der Waals surface area contributed by atoms with Gasteiger partial charge in [-0.1, -0.05) is 6.07 Å². The molecule has 0 aliphatic heterocycles. The van der Waals surface area contributed by atoms with Crippen LogP contribution in [0.15, 0.2) is 36.8 Å². The molecule has 0 atom stereocenters. The number of aryl methyl sites for hydroxylation is 1. The van der Waals surface area contributed by atoms with Gasteiger partial charge in [0.1, 0.15) is 6.33 Å². The summed E-state index contributed by atoms with van der Waals surface area (Å²) in [6.07, 6.45) is -1.15. The molecular weight excluding hydrogens is 231 g/mol. The van der Waals surface area contributed by atoms with E-state index in [2.05, 4.69) is 10.4 Å². The third-order valence-electron chi connectivity index (χ3n) is 2.16. The molecule has 2 aromatic rings. The summed E-state index contributed by atoms with van der Waals surface area (Å²) in [6.45, 7) is 1.80. The largest absolute Gasteiger partial charge is 0.416 e. The van der Waals surface area contributed by atoms with Gasteiger partial charge in [0.15, 0.2) is 0 Å². The molecule has 3 nitrogen and oxygen atoms in total. The van der Waals surface area contributed by atoms with Crippen molar-refractivity contribution in [1.82, 2.24) is 9.66 Å². The minimum atomic E-state index is -4.33. The number of alkyl halides is 3. The molecule has 0 fully saturated rings. The smallest absolute Gasteiger partial charge is 0.293 e. The third kappa shape index (κ3) is 2.77. The van der Waals surface area contributed by atoms with Crippen molar-refractivity contribution < 1.29 is 13.2 Å². The molecule has 1 heterocycles. The van der Waals surface area contributed by atoms with E-state index in [4.69, 9.17) is 0 Å². The molecular formula is C11H10F3N3. The Bertz CT molecular complexity index is 517. The average molecular weight is 241 g/mol. The highest BCUT2D eigenvalue weighted by Crippen LogP contribution is 2.30. The van der Waals surface area contributed by atoms with Gasteiger partial charge < -0.3 is 0 Å². The van der Waals surface area contributed by atoms with Crippen molar-refractivity contribution in [1.29, 1.82) is 0 Å². The van der Waals surface area contributed by atoms with Crippen molar-refractivity contribution in [2.45, 2.75) is 13.1 Å². The summed E-state index contributed by atoms with van der Waals surface area (Å²) < 4.78 is 38.9. The molecule has 0 aliphatic rings. The maximum absolute atomic E-state index is 12.5. The lowest BCUT2D eigenvalue weighted by Gasteiger charge is -2.10. The molecule has 0 saturated carbocycles. The Kier molecular flexibility index (Phi) is 2.79. The van der Waals surface area contributed by atoms with Crippen LogP contribution in [0.4, 0.5) is 18.9 Å². The van der Waals surface area contributed by atoms with E-state index in [9.17, 15) is 13.2 Å². The summed E-state index contributed by atoms with van der Waals surface area (Å²) >= 11 is 0. The first-order valence-corrected chi connectivity index (χ1v) is 4.90. The summed E-state index contributed by atoms with van der Waals surface area (Å²) in [4.78, 5) is 3.96. The van der Waals surface area contributed by atoms with Gasteiger partial charge in [-0.15, -0.1) is 0 Å². The maximum atomic E-state index is 12.5. The molecule has 0 bridgehead atoms. The molecule has 0 radical (unpaired) electrons. The van der Waals surface area contributed by atoms with Gasteiger partial charge in [0.25, 0.3) is 0 Å². The molecule has 6 heteroatoms. The number of nitrogens with zero attached hydrogens (tertiary/aromatic N) is 2. The monoisotopic (exact) mass is 241 g/mol. The molecule has 0 aliphatic carbocycles. The van der Waals surface area contributed by atoms with E-state index in [1.54, 1.807) is 19.2 Å². The van der Waals surface area contributed by atoms with Crippen molar-refractivity contribution in [3.05, 3.63) is 48.0 Å². The Morgan fingerprint density at radius 2 is 2.06 bits per heavy atom. The van der Waals surface area contributed by atoms with Crippen molar-refractivity contribution in [3.63, 3.8) is 0 Å². The zero-order valence-corrected chi connectivity index (χ0v) is 8.99. The van der Waals surface area contributed by atoms with Gasteiger partial charge in [-0.05, 0) is 25.1 Å². The Balaban J connectivity index is 2.22. The Morgan fingerprint density at radius 3 is 2.65 bits per heavy atom. The van der Waals surface area contributed by atoms with Gasteiger partial charge in [-0.3, -0.25) is 10.1 Å². The third-order valence-corrected chi connectivity index (χ3v) is 2.16. The van der Waals surface area contributed by atoms with Crippen LogP contribution in [0.3, 0.4) is 0 Å². The topological polar surface area (TPSA) is 29.9 Å². The van der Waals surface area contributed by atoms with E-state index in [0.29, 0.717) is 5.69 Å². The first-order chi connectivity index (χ1) is 7.95. The zero-order chi connectivity index (χ0) is 12.5. The second-order valence-corrected chi connectivity index (χ2v) is 3.61. The number of hydrogen-bond donors (Lipinski definition) is 1. The number of halogens is 3. The fourth-order valence-corrected chi connectivity index (χ4v) is 1.40. The lowest BCUT2D eigenvalue weighted by Crippen LogP contribution is -2.09. The minimum Gasteiger partial charge on any atom is -0.293 e. The number of anilines is 1. The van der Waals surface area contributed by atoms with Gasteiger partial charge in [-0.2, -0.15) is 13.2 Å². The molecule has 17 heavy (non-hydrogen) atoms. The summed E-state index contributed by atoms with van der Waals surface area (Å²) in [5.41, 5.74) is 3.25. The van der Waals surface area contributed by atoms with Crippen LogP contribution in [-0.2, 0) is 6.18 Å². The highest BCUT2D eigenvalue weighted by Gasteiger charge is 2.30. The van der Waals surface area contributed by atoms with E-state index in [-0.39, 0.29) is 0 Å². The second kappa shape index (κ2) is 4.12. The molecule has 0 amide bonds. The van der Waals surface area contributed by atoms with Crippen LogP contribution >= 0.6 is 0 Å². The Labute approximate surface area is 95.9 Å². The summed E-state index contributed by atoms with van der Waals surface area (Å²) in [7, 11) is 0. The number of aromatic nitrogens is 2. The standard InChI is InChI=1S/C11H10F3N3/c1-8-6-17(7-15-8)16-10-4-2-3-9(5-10)11(12,13)14/h2-7,16H,1H3. The van der Waals surface area contributed by atoms with Gasteiger partial charge in [0.2, 0.25) is 0 Å². The quantitative estimate of drug-likeness (QED) is 0.875. The van der Waals surface area contributed by atoms with Crippen LogP contribution in [0.2, 0.25) is 0 Å². The predicted octanol–water partition coefficient (Wildman–Crippen LogP) is 3.09. The van der Waals surface area contributed by atoms with E-state index >= 15 is 0 Å². The van der Waals surface area contributed by atoms with Gasteiger partial charge in [0, 0.05) is 6.20 Å². The van der Waals surface area contributed by atoms with E-state index in [1.807, 2.05) is 0 Å². The first kappa shape index (κ1) is 11.5. The molecule has 1 N–H and O–H groups in total. The van der Waals surface area contributed by atoms with Crippen molar-refractivity contribution in [3.8, 4) is 0 Å². The predicted molar refractivity (Wildman–Crippen MR) is 57.4 cm³/mol. The zero-order valence-electron chi connectivity index (χ0n) is 8.99. The highest BCUT2D eigenvalue weighted by atomic mass is 19.4. The fourth-order valence-electron chi connectivity index (χ4n) is 1.40. The number of rotatable bonds is 2. The second-order valence-electron chi connectivity index (χ2n) is 3.61. The highest BCUT2D eigenvalue weighted by molar-refractivity contribution is 5.46. The minimum absolute atomic E-state index is 0.359. The first-order valence-electron chi connectivity index (χ1n) is 4.90. The number of imidazole rings is 1. The molecule has 0 saturated heterocycles. The van der Waals surface area contributed by atoms with Crippen LogP contribution in [0.5, 0.6) is 0 Å². The summed E-state index contributed by atoms with van der Waals surface area (Å²) in [6, 6.07) is 5.00. The van der Waals surface area contributed by atoms with E-state index < -0.39 is 11.7 Å². The maximum Gasteiger partial charge on any atom is 0.416 e. The Morgan fingerprint density at radius 1 is 1.29 bits per heavy atom. The van der Waals surface area contributed by atoms with Crippen molar-refractivity contribution in [2.75, 3.05) is 5.43 Å². The molecule has 0 unspecified atom stereocenters. The molecule has 2 rings (SSSR count). The SMILES string of the molecule is Cc1cn(Nc2cccc(C(F)(F)F)c2)cn1. The Hall–Kier alpha value is -1.98. The van der Waals surface area contributed by atoms with Crippen LogP contribution in [-0.4, -0.2) is 9.66 Å². The summed E-state index contributed by atoms with van der Waals surface area (Å²) in [5, 5.41) is 0. The van der Waals surface area contributed by atoms with Crippen LogP contribution in [0, 0.1) is 6.92 Å². The lowest BCUT2D eigenvalue weighted by atomic mass is 10.2. The molecule has 1 aromatic heterocycles. The molecule has 0 spiro atoms. The van der Waals surface area contributed by atoms with Crippen molar-refractivity contribution in [2.24, 2.45) is 0 Å². The van der Waals surface area contributed by atoms with Crippen LogP contribution in [0.1, 0.15) is 11.3 Å². The van der Waals surface area contributed by atoms with Crippen molar-refractivity contribution >= 4 is 5.69 Å². The number of nitrogens with one attached hydrogen (secondary N) is 1. The lowest BCUT2D eigenvalue weighted by molar-refractivity contribution is -0.137. The number of benzene rings is 1. The van der Waals surface area contributed by atoms with Gasteiger partial charge in [-0.25, -0.2) is 4.98 Å². The fraction of sp³-hybridized carbons (Fsp3) is 0.182. The van der Waals surface area contributed by atoms with Gasteiger partial charge in [0.05, 0.1) is 16.9 Å². The van der Waals surface area contributed by atoms with Crippen LogP contribution in [0.25, 0.3) is 0 Å². The average Bonchev–Trinajstić information content (AvgIpc) is 2.63. The van der Waals surface area contributed by atoms with Crippen LogP contribution < -0.4 is 5.43 Å². The molecule has 90 valence electrons. The number of hydrogen-bond acceptors (Lipinski definition) is 2. The normalized spacial score (nSPS) is 11.5. The van der Waals surface area contributed by atoms with E-state index in [0.717, 1.165) is 17.8 Å².